The van der Waals surface area contributed by atoms with Crippen LogP contribution in [0.5, 0.6) is 0 Å². The van der Waals surface area contributed by atoms with E-state index in [0.717, 1.165) is 51.0 Å². The van der Waals surface area contributed by atoms with E-state index in [-0.39, 0.29) is 24.0 Å². The highest BCUT2D eigenvalue weighted by Gasteiger charge is 2.00. The lowest BCUT2D eigenvalue weighted by molar-refractivity contribution is 0.300. The van der Waals surface area contributed by atoms with Crippen molar-refractivity contribution in [2.75, 3.05) is 39.8 Å². The normalized spacial score (nSPS) is 11.7. The summed E-state index contributed by atoms with van der Waals surface area (Å²) >= 11 is 0. The van der Waals surface area contributed by atoms with Gasteiger partial charge in [0.15, 0.2) is 5.96 Å². The van der Waals surface area contributed by atoms with E-state index >= 15 is 0 Å². The highest BCUT2D eigenvalue weighted by atomic mass is 127. The predicted molar refractivity (Wildman–Crippen MR) is 101 cm³/mol. The van der Waals surface area contributed by atoms with Crippen molar-refractivity contribution in [3.63, 3.8) is 0 Å². The molecule has 0 spiro atoms. The summed E-state index contributed by atoms with van der Waals surface area (Å²) < 4.78 is 0. The maximum absolute atomic E-state index is 4.24. The second kappa shape index (κ2) is 15.4. The van der Waals surface area contributed by atoms with Gasteiger partial charge in [0.2, 0.25) is 0 Å². The summed E-state index contributed by atoms with van der Waals surface area (Å²) in [5.74, 6) is 1.72. The van der Waals surface area contributed by atoms with Crippen molar-refractivity contribution in [2.45, 2.75) is 47.0 Å². The molecule has 0 unspecified atom stereocenters. The summed E-state index contributed by atoms with van der Waals surface area (Å²) in [6.07, 6.45) is 3.64. The Hall–Kier alpha value is -0.0400. The zero-order chi connectivity index (χ0) is 14.5. The Morgan fingerprint density at radius 3 is 2.05 bits per heavy atom. The summed E-state index contributed by atoms with van der Waals surface area (Å²) in [4.78, 5) is 6.69. The van der Waals surface area contributed by atoms with Crippen LogP contribution in [0.15, 0.2) is 4.99 Å². The number of nitrogens with zero attached hydrogens (tertiary/aromatic N) is 2. The quantitative estimate of drug-likeness (QED) is 0.257. The molecule has 0 aromatic rings. The van der Waals surface area contributed by atoms with Crippen LogP contribution in [0.1, 0.15) is 47.0 Å². The first-order valence-corrected chi connectivity index (χ1v) is 7.80. The van der Waals surface area contributed by atoms with Gasteiger partial charge in [0.1, 0.15) is 0 Å². The van der Waals surface area contributed by atoms with Gasteiger partial charge in [-0.15, -0.1) is 24.0 Å². The molecule has 0 amide bonds. The molecule has 0 aliphatic heterocycles. The third kappa shape index (κ3) is 13.0. The van der Waals surface area contributed by atoms with Crippen LogP contribution in [-0.4, -0.2) is 50.6 Å². The van der Waals surface area contributed by atoms with Crippen molar-refractivity contribution in [3.05, 3.63) is 0 Å². The smallest absolute Gasteiger partial charge is 0.190 e. The van der Waals surface area contributed by atoms with Crippen LogP contribution in [0.4, 0.5) is 0 Å². The summed E-state index contributed by atoms with van der Waals surface area (Å²) in [5, 5.41) is 6.74. The monoisotopic (exact) mass is 398 g/mol. The molecule has 4 nitrogen and oxygen atoms in total. The van der Waals surface area contributed by atoms with Crippen LogP contribution >= 0.6 is 24.0 Å². The fraction of sp³-hybridized carbons (Fsp3) is 0.933. The summed E-state index contributed by atoms with van der Waals surface area (Å²) in [6.45, 7) is 14.4. The third-order valence-corrected chi connectivity index (χ3v) is 3.31. The number of hydrogen-bond donors (Lipinski definition) is 2. The maximum atomic E-state index is 4.24. The van der Waals surface area contributed by atoms with Gasteiger partial charge in [0.25, 0.3) is 0 Å². The van der Waals surface area contributed by atoms with Gasteiger partial charge in [-0.1, -0.05) is 27.7 Å². The van der Waals surface area contributed by atoms with Crippen LogP contribution < -0.4 is 10.6 Å². The van der Waals surface area contributed by atoms with Crippen LogP contribution in [0, 0.1) is 5.92 Å². The number of hydrogen-bond acceptors (Lipinski definition) is 2. The van der Waals surface area contributed by atoms with E-state index < -0.39 is 0 Å². The number of guanidine groups is 1. The van der Waals surface area contributed by atoms with Crippen LogP contribution in [-0.2, 0) is 0 Å². The lowest BCUT2D eigenvalue weighted by Crippen LogP contribution is -2.39. The average molecular weight is 398 g/mol. The molecule has 5 heteroatoms. The zero-order valence-electron chi connectivity index (χ0n) is 14.0. The van der Waals surface area contributed by atoms with Crippen LogP contribution in [0.25, 0.3) is 0 Å². The Morgan fingerprint density at radius 1 is 1.05 bits per heavy atom. The molecule has 2 N–H and O–H groups in total. The fourth-order valence-corrected chi connectivity index (χ4v) is 1.99. The summed E-state index contributed by atoms with van der Waals surface area (Å²) in [7, 11) is 1.84. The predicted octanol–water partition coefficient (Wildman–Crippen LogP) is 2.94. The SMILES string of the molecule is CCN(CC)CCCNC(=NC)NCCCC(C)C.I. The van der Waals surface area contributed by atoms with Gasteiger partial charge in [0, 0.05) is 20.1 Å². The molecular weight excluding hydrogens is 363 g/mol. The van der Waals surface area contributed by atoms with E-state index in [9.17, 15) is 0 Å². The Kier molecular flexibility index (Phi) is 17.1. The molecule has 20 heavy (non-hydrogen) atoms. The summed E-state index contributed by atoms with van der Waals surface area (Å²) in [5.41, 5.74) is 0. The Bertz CT molecular complexity index is 228. The number of rotatable bonds is 10. The molecule has 0 heterocycles. The highest BCUT2D eigenvalue weighted by Crippen LogP contribution is 2.01. The van der Waals surface area contributed by atoms with Crippen LogP contribution in [0.2, 0.25) is 0 Å². The minimum atomic E-state index is 0. The largest absolute Gasteiger partial charge is 0.356 e. The second-order valence-corrected chi connectivity index (χ2v) is 5.34. The molecule has 0 radical (unpaired) electrons. The van der Waals surface area contributed by atoms with Crippen molar-refractivity contribution < 1.29 is 0 Å². The van der Waals surface area contributed by atoms with E-state index in [1.54, 1.807) is 0 Å². The van der Waals surface area contributed by atoms with Crippen molar-refractivity contribution >= 4 is 29.9 Å². The molecular formula is C15H35IN4. The Labute approximate surface area is 143 Å². The second-order valence-electron chi connectivity index (χ2n) is 5.34. The average Bonchev–Trinajstić information content (AvgIpc) is 2.41. The van der Waals surface area contributed by atoms with Gasteiger partial charge in [-0.25, -0.2) is 0 Å². The highest BCUT2D eigenvalue weighted by molar-refractivity contribution is 14.0. The maximum Gasteiger partial charge on any atom is 0.190 e. The minimum absolute atomic E-state index is 0. The molecule has 122 valence electrons. The number of nitrogens with one attached hydrogen (secondary N) is 2. The molecule has 0 saturated carbocycles. The summed E-state index contributed by atoms with van der Waals surface area (Å²) in [6, 6.07) is 0. The van der Waals surface area contributed by atoms with Gasteiger partial charge in [-0.2, -0.15) is 0 Å². The van der Waals surface area contributed by atoms with Crippen LogP contribution in [0.3, 0.4) is 0 Å². The van der Waals surface area contributed by atoms with Gasteiger partial charge >= 0.3 is 0 Å². The Balaban J connectivity index is 0. The van der Waals surface area contributed by atoms with Gasteiger partial charge in [-0.3, -0.25) is 4.99 Å². The lowest BCUT2D eigenvalue weighted by Gasteiger charge is -2.18. The van der Waals surface area contributed by atoms with E-state index in [1.807, 2.05) is 7.05 Å². The van der Waals surface area contributed by atoms with E-state index in [0.29, 0.717) is 0 Å². The fourth-order valence-electron chi connectivity index (χ4n) is 1.99. The molecule has 0 aromatic heterocycles. The van der Waals surface area contributed by atoms with Gasteiger partial charge in [0.05, 0.1) is 0 Å². The number of halogens is 1. The molecule has 0 fully saturated rings. The first kappa shape index (κ1) is 22.2. The van der Waals surface area contributed by atoms with E-state index in [1.165, 1.54) is 12.8 Å². The standard InChI is InChI=1S/C15H34N4.HI/c1-6-19(7-2)13-9-12-18-15(16-5)17-11-8-10-14(3)4;/h14H,6-13H2,1-5H3,(H2,16,17,18);1H. The first-order chi connectivity index (χ1) is 9.13. The van der Waals surface area contributed by atoms with Crippen molar-refractivity contribution in [2.24, 2.45) is 10.9 Å². The molecule has 0 aliphatic rings. The van der Waals surface area contributed by atoms with Crippen molar-refractivity contribution in [1.82, 2.24) is 15.5 Å². The number of aliphatic imine (C=N–C) groups is 1. The molecule has 0 aliphatic carbocycles. The van der Waals surface area contributed by atoms with E-state index in [2.05, 4.69) is 48.2 Å². The lowest BCUT2D eigenvalue weighted by atomic mass is 10.1. The molecule has 0 saturated heterocycles. The Morgan fingerprint density at radius 2 is 1.60 bits per heavy atom. The molecule has 0 bridgehead atoms. The van der Waals surface area contributed by atoms with Crippen molar-refractivity contribution in [1.29, 1.82) is 0 Å². The van der Waals surface area contributed by atoms with E-state index in [4.69, 9.17) is 0 Å². The minimum Gasteiger partial charge on any atom is -0.356 e. The molecule has 0 rings (SSSR count). The molecule has 0 atom stereocenters. The van der Waals surface area contributed by atoms with Crippen molar-refractivity contribution in [3.8, 4) is 0 Å². The third-order valence-electron chi connectivity index (χ3n) is 3.31. The zero-order valence-corrected chi connectivity index (χ0v) is 16.4. The van der Waals surface area contributed by atoms with Gasteiger partial charge in [-0.05, 0) is 44.8 Å². The topological polar surface area (TPSA) is 39.7 Å². The first-order valence-electron chi connectivity index (χ1n) is 7.80. The van der Waals surface area contributed by atoms with Gasteiger partial charge < -0.3 is 15.5 Å². The molecule has 0 aromatic carbocycles.